The van der Waals surface area contributed by atoms with Crippen molar-refractivity contribution in [1.29, 1.82) is 0 Å². The normalized spacial score (nSPS) is 18.9. The Bertz CT molecular complexity index is 487. The van der Waals surface area contributed by atoms with Gasteiger partial charge in [0, 0.05) is 19.3 Å². The number of aromatic nitrogens is 1. The van der Waals surface area contributed by atoms with Crippen molar-refractivity contribution in [1.82, 2.24) is 9.88 Å². The fraction of sp³-hybridized carbons (Fsp3) is 0.538. The smallest absolute Gasteiger partial charge is 0.238 e. The molecular weight excluding hydrogens is 262 g/mol. The number of nitrogens with zero attached hydrogens (tertiary/aromatic N) is 2. The van der Waals surface area contributed by atoms with E-state index >= 15 is 0 Å². The zero-order chi connectivity index (χ0) is 13.8. The Morgan fingerprint density at radius 2 is 2.11 bits per heavy atom. The first kappa shape index (κ1) is 14.0. The van der Waals surface area contributed by atoms with Gasteiger partial charge in [-0.25, -0.2) is 4.98 Å². The van der Waals surface area contributed by atoms with Gasteiger partial charge in [-0.15, -0.1) is 0 Å². The van der Waals surface area contributed by atoms with Gasteiger partial charge in [-0.2, -0.15) is 0 Å². The zero-order valence-corrected chi connectivity index (χ0v) is 11.9. The maximum atomic E-state index is 12.4. The summed E-state index contributed by atoms with van der Waals surface area (Å²) in [5, 5.41) is -0.296. The molecule has 2 heterocycles. The highest BCUT2D eigenvalue weighted by Crippen LogP contribution is 2.18. The number of carbonyl (C=O) groups is 1. The number of nitrogens with two attached hydrogens (primary N) is 1. The van der Waals surface area contributed by atoms with Crippen LogP contribution in [-0.4, -0.2) is 38.3 Å². The van der Waals surface area contributed by atoms with E-state index in [4.69, 9.17) is 5.73 Å². The SMILES string of the molecule is CC(C(=O)N1CCCCC1)S(=O)c1ncccc1N. The number of anilines is 1. The third-order valence-corrected chi connectivity index (χ3v) is 4.89. The number of rotatable bonds is 3. The van der Waals surface area contributed by atoms with Crippen LogP contribution in [0.2, 0.25) is 0 Å². The predicted molar refractivity (Wildman–Crippen MR) is 75.0 cm³/mol. The molecule has 0 spiro atoms. The first-order valence-corrected chi connectivity index (χ1v) is 7.72. The number of pyridine rings is 1. The highest BCUT2D eigenvalue weighted by Gasteiger charge is 2.28. The molecule has 1 aliphatic rings. The van der Waals surface area contributed by atoms with Gasteiger partial charge in [-0.3, -0.25) is 9.00 Å². The van der Waals surface area contributed by atoms with Crippen LogP contribution in [0.4, 0.5) is 5.69 Å². The van der Waals surface area contributed by atoms with E-state index in [0.717, 1.165) is 32.4 Å². The summed E-state index contributed by atoms with van der Waals surface area (Å²) >= 11 is 0. The van der Waals surface area contributed by atoms with E-state index in [2.05, 4.69) is 4.98 Å². The molecule has 2 unspecified atom stereocenters. The van der Waals surface area contributed by atoms with Crippen molar-refractivity contribution in [3.63, 3.8) is 0 Å². The van der Waals surface area contributed by atoms with Gasteiger partial charge in [0.2, 0.25) is 5.91 Å². The summed E-state index contributed by atoms with van der Waals surface area (Å²) in [7, 11) is -1.50. The molecule has 0 bridgehead atoms. The topological polar surface area (TPSA) is 76.3 Å². The molecule has 1 aliphatic heterocycles. The molecule has 1 fully saturated rings. The minimum Gasteiger partial charge on any atom is -0.396 e. The molecule has 0 radical (unpaired) electrons. The van der Waals surface area contributed by atoms with E-state index in [9.17, 15) is 9.00 Å². The van der Waals surface area contributed by atoms with Gasteiger partial charge in [-0.05, 0) is 38.3 Å². The molecular formula is C13H19N3O2S. The average molecular weight is 281 g/mol. The van der Waals surface area contributed by atoms with Crippen molar-refractivity contribution < 1.29 is 9.00 Å². The van der Waals surface area contributed by atoms with Gasteiger partial charge in [0.1, 0.15) is 5.25 Å². The lowest BCUT2D eigenvalue weighted by molar-refractivity contribution is -0.131. The summed E-state index contributed by atoms with van der Waals surface area (Å²) in [4.78, 5) is 18.1. The highest BCUT2D eigenvalue weighted by atomic mass is 32.2. The minimum atomic E-state index is -1.50. The van der Waals surface area contributed by atoms with Crippen LogP contribution in [0, 0.1) is 0 Å². The Morgan fingerprint density at radius 3 is 2.74 bits per heavy atom. The second-order valence-corrected chi connectivity index (χ2v) is 6.41. The van der Waals surface area contributed by atoms with Crippen LogP contribution in [0.25, 0.3) is 0 Å². The molecule has 1 aromatic rings. The van der Waals surface area contributed by atoms with Crippen LogP contribution < -0.4 is 5.73 Å². The third kappa shape index (κ3) is 3.12. The number of carbonyl (C=O) groups excluding carboxylic acids is 1. The Morgan fingerprint density at radius 1 is 1.42 bits per heavy atom. The molecule has 0 aliphatic carbocycles. The van der Waals surface area contributed by atoms with E-state index in [-0.39, 0.29) is 5.91 Å². The molecule has 104 valence electrons. The second-order valence-electron chi connectivity index (χ2n) is 4.72. The maximum Gasteiger partial charge on any atom is 0.238 e. The summed E-state index contributed by atoms with van der Waals surface area (Å²) in [5.74, 6) is -0.0666. The Labute approximate surface area is 115 Å². The van der Waals surface area contributed by atoms with Crippen molar-refractivity contribution in [2.75, 3.05) is 18.8 Å². The lowest BCUT2D eigenvalue weighted by Crippen LogP contribution is -2.42. The molecule has 0 aromatic carbocycles. The van der Waals surface area contributed by atoms with Crippen LogP contribution in [0.5, 0.6) is 0 Å². The molecule has 6 heteroatoms. The summed E-state index contributed by atoms with van der Waals surface area (Å²) in [6.07, 6.45) is 4.75. The van der Waals surface area contributed by atoms with Crippen LogP contribution in [-0.2, 0) is 15.6 Å². The summed E-state index contributed by atoms with van der Waals surface area (Å²) in [6, 6.07) is 3.34. The molecule has 2 atom stereocenters. The number of likely N-dealkylation sites (tertiary alicyclic amines) is 1. The van der Waals surface area contributed by atoms with Crippen molar-refractivity contribution in [3.05, 3.63) is 18.3 Å². The van der Waals surface area contributed by atoms with Gasteiger partial charge in [-0.1, -0.05) is 0 Å². The molecule has 5 nitrogen and oxygen atoms in total. The quantitative estimate of drug-likeness (QED) is 0.902. The fourth-order valence-corrected chi connectivity index (χ4v) is 3.33. The molecule has 19 heavy (non-hydrogen) atoms. The molecule has 0 saturated carbocycles. The molecule has 1 saturated heterocycles. The van der Waals surface area contributed by atoms with Gasteiger partial charge in [0.15, 0.2) is 5.03 Å². The van der Waals surface area contributed by atoms with Crippen LogP contribution in [0.15, 0.2) is 23.4 Å². The monoisotopic (exact) mass is 281 g/mol. The van der Waals surface area contributed by atoms with E-state index in [1.807, 2.05) is 0 Å². The van der Waals surface area contributed by atoms with E-state index in [0.29, 0.717) is 10.7 Å². The number of piperidine rings is 1. The highest BCUT2D eigenvalue weighted by molar-refractivity contribution is 7.86. The van der Waals surface area contributed by atoms with Gasteiger partial charge in [0.05, 0.1) is 16.5 Å². The molecule has 1 amide bonds. The summed E-state index contributed by atoms with van der Waals surface area (Å²) < 4.78 is 12.4. The summed E-state index contributed by atoms with van der Waals surface area (Å²) in [6.45, 7) is 3.21. The Kier molecular flexibility index (Phi) is 4.52. The van der Waals surface area contributed by atoms with E-state index in [1.54, 1.807) is 30.2 Å². The minimum absolute atomic E-state index is 0.0666. The van der Waals surface area contributed by atoms with E-state index in [1.165, 1.54) is 0 Å². The van der Waals surface area contributed by atoms with Gasteiger partial charge in [0.25, 0.3) is 0 Å². The van der Waals surface area contributed by atoms with Crippen LogP contribution >= 0.6 is 0 Å². The summed E-state index contributed by atoms with van der Waals surface area (Å²) in [5.41, 5.74) is 6.13. The van der Waals surface area contributed by atoms with E-state index < -0.39 is 16.0 Å². The standard InChI is InChI=1S/C13H19N3O2S/c1-10(13(17)16-8-3-2-4-9-16)19(18)12-11(14)6-5-7-15-12/h5-7,10H,2-4,8-9,14H2,1H3. The number of hydrogen-bond acceptors (Lipinski definition) is 4. The van der Waals surface area contributed by atoms with Gasteiger partial charge < -0.3 is 10.6 Å². The third-order valence-electron chi connectivity index (χ3n) is 3.33. The lowest BCUT2D eigenvalue weighted by Gasteiger charge is -2.28. The first-order valence-electron chi connectivity index (χ1n) is 6.51. The molecule has 1 aromatic heterocycles. The molecule has 2 rings (SSSR count). The van der Waals surface area contributed by atoms with Crippen LogP contribution in [0.1, 0.15) is 26.2 Å². The van der Waals surface area contributed by atoms with Crippen LogP contribution in [0.3, 0.4) is 0 Å². The average Bonchev–Trinajstić information content (AvgIpc) is 2.46. The van der Waals surface area contributed by atoms with Crippen molar-refractivity contribution in [2.45, 2.75) is 36.5 Å². The number of amides is 1. The zero-order valence-electron chi connectivity index (χ0n) is 11.0. The molecule has 2 N–H and O–H groups in total. The van der Waals surface area contributed by atoms with Crippen molar-refractivity contribution >= 4 is 22.4 Å². The predicted octanol–water partition coefficient (Wildman–Crippen LogP) is 1.17. The number of nitrogen functional groups attached to an aromatic ring is 1. The largest absolute Gasteiger partial charge is 0.396 e. The number of hydrogen-bond donors (Lipinski definition) is 1. The maximum absolute atomic E-state index is 12.4. The second kappa shape index (κ2) is 6.14. The lowest BCUT2D eigenvalue weighted by atomic mass is 10.1. The first-order chi connectivity index (χ1) is 9.11. The Hall–Kier alpha value is -1.43. The van der Waals surface area contributed by atoms with Crippen molar-refractivity contribution in [3.8, 4) is 0 Å². The fourth-order valence-electron chi connectivity index (χ4n) is 2.20. The van der Waals surface area contributed by atoms with Crippen molar-refractivity contribution in [2.24, 2.45) is 0 Å². The Balaban J connectivity index is 2.10. The van der Waals surface area contributed by atoms with Gasteiger partial charge >= 0.3 is 0 Å².